The first-order chi connectivity index (χ1) is 13.4. The normalized spacial score (nSPS) is 21.1. The van der Waals surface area contributed by atoms with Crippen LogP contribution in [0.5, 0.6) is 5.75 Å². The van der Waals surface area contributed by atoms with Crippen LogP contribution in [-0.4, -0.2) is 73.2 Å². The van der Waals surface area contributed by atoms with Gasteiger partial charge in [0.15, 0.2) is 6.10 Å². The minimum absolute atomic E-state index is 0.226. The summed E-state index contributed by atoms with van der Waals surface area (Å²) in [5.41, 5.74) is 0. The van der Waals surface area contributed by atoms with E-state index in [0.717, 1.165) is 25.7 Å². The number of rotatable bonds is 5. The summed E-state index contributed by atoms with van der Waals surface area (Å²) < 4.78 is 47.6. The molecule has 0 aliphatic carbocycles. The SMILES string of the molecule is C[C@H](Oc1cccc(F)c1)C(=O)N1CCN(S(=O)(=O)N2CCCCCC2)CC1. The van der Waals surface area contributed by atoms with E-state index in [0.29, 0.717) is 31.9 Å². The molecule has 0 N–H and O–H groups in total. The van der Waals surface area contributed by atoms with Gasteiger partial charge in [0, 0.05) is 45.3 Å². The smallest absolute Gasteiger partial charge is 0.282 e. The van der Waals surface area contributed by atoms with Crippen molar-refractivity contribution in [3.8, 4) is 5.75 Å². The molecule has 2 saturated heterocycles. The second-order valence-electron chi connectivity index (χ2n) is 7.26. The van der Waals surface area contributed by atoms with Crippen molar-refractivity contribution < 1.29 is 22.3 Å². The number of carbonyl (C=O) groups is 1. The van der Waals surface area contributed by atoms with Crippen molar-refractivity contribution in [3.63, 3.8) is 0 Å². The number of hydrogen-bond acceptors (Lipinski definition) is 4. The fourth-order valence-corrected chi connectivity index (χ4v) is 5.30. The number of amides is 1. The van der Waals surface area contributed by atoms with Crippen LogP contribution in [0.25, 0.3) is 0 Å². The first kappa shape index (κ1) is 21.0. The topological polar surface area (TPSA) is 70.2 Å². The molecule has 2 aliphatic heterocycles. The largest absolute Gasteiger partial charge is 0.481 e. The third-order valence-corrected chi connectivity index (χ3v) is 7.26. The highest BCUT2D eigenvalue weighted by Crippen LogP contribution is 2.19. The lowest BCUT2D eigenvalue weighted by atomic mass is 10.2. The molecule has 0 saturated carbocycles. The zero-order valence-corrected chi connectivity index (χ0v) is 17.0. The Morgan fingerprint density at radius 1 is 1.00 bits per heavy atom. The Kier molecular flexibility index (Phi) is 6.90. The van der Waals surface area contributed by atoms with Crippen LogP contribution in [0.3, 0.4) is 0 Å². The number of piperazine rings is 1. The minimum Gasteiger partial charge on any atom is -0.481 e. The van der Waals surface area contributed by atoms with Crippen molar-refractivity contribution >= 4 is 16.1 Å². The number of ether oxygens (including phenoxy) is 1. The van der Waals surface area contributed by atoms with E-state index >= 15 is 0 Å². The summed E-state index contributed by atoms with van der Waals surface area (Å²) in [7, 11) is -3.48. The van der Waals surface area contributed by atoms with E-state index in [4.69, 9.17) is 4.74 Å². The van der Waals surface area contributed by atoms with Gasteiger partial charge in [-0.2, -0.15) is 17.0 Å². The first-order valence-corrected chi connectivity index (χ1v) is 11.2. The molecule has 7 nitrogen and oxygen atoms in total. The summed E-state index contributed by atoms with van der Waals surface area (Å²) in [6, 6.07) is 5.66. The first-order valence-electron chi connectivity index (χ1n) is 9.84. The molecule has 0 spiro atoms. The average molecular weight is 414 g/mol. The van der Waals surface area contributed by atoms with Crippen LogP contribution in [0.2, 0.25) is 0 Å². The number of carbonyl (C=O) groups excluding carboxylic acids is 1. The molecule has 3 rings (SSSR count). The molecule has 2 fully saturated rings. The van der Waals surface area contributed by atoms with Gasteiger partial charge in [-0.15, -0.1) is 0 Å². The molecule has 1 aromatic rings. The maximum absolute atomic E-state index is 13.3. The molecular weight excluding hydrogens is 385 g/mol. The fraction of sp³-hybridized carbons (Fsp3) is 0.632. The standard InChI is InChI=1S/C19H28FN3O4S/c1-16(27-18-8-6-7-17(20)15-18)19(24)21-11-13-23(14-12-21)28(25,26)22-9-4-2-3-5-10-22/h6-8,15-16H,2-5,9-14H2,1H3/t16-/m0/s1. The van der Waals surface area contributed by atoms with Gasteiger partial charge in [-0.1, -0.05) is 18.9 Å². The van der Waals surface area contributed by atoms with Crippen molar-refractivity contribution in [3.05, 3.63) is 30.1 Å². The van der Waals surface area contributed by atoms with Crippen molar-refractivity contribution in [2.45, 2.75) is 38.7 Å². The van der Waals surface area contributed by atoms with Crippen LogP contribution in [0.1, 0.15) is 32.6 Å². The van der Waals surface area contributed by atoms with Crippen molar-refractivity contribution in [2.75, 3.05) is 39.3 Å². The lowest BCUT2D eigenvalue weighted by Crippen LogP contribution is -2.56. The Morgan fingerprint density at radius 2 is 1.61 bits per heavy atom. The second-order valence-corrected chi connectivity index (χ2v) is 9.19. The third kappa shape index (κ3) is 5.01. The second kappa shape index (κ2) is 9.19. The number of halogens is 1. The van der Waals surface area contributed by atoms with Gasteiger partial charge in [-0.25, -0.2) is 4.39 Å². The molecule has 28 heavy (non-hydrogen) atoms. The summed E-state index contributed by atoms with van der Waals surface area (Å²) in [6.07, 6.45) is 3.16. The van der Waals surface area contributed by atoms with Crippen LogP contribution in [0.4, 0.5) is 4.39 Å². The molecule has 1 atom stereocenters. The summed E-state index contributed by atoms with van der Waals surface area (Å²) in [6.45, 7) is 3.95. The van der Waals surface area contributed by atoms with E-state index in [1.54, 1.807) is 22.2 Å². The number of benzene rings is 1. The molecular formula is C19H28FN3O4S. The van der Waals surface area contributed by atoms with E-state index in [1.165, 1.54) is 22.5 Å². The van der Waals surface area contributed by atoms with E-state index in [2.05, 4.69) is 0 Å². The van der Waals surface area contributed by atoms with Crippen LogP contribution in [0, 0.1) is 5.82 Å². The minimum atomic E-state index is -3.48. The molecule has 9 heteroatoms. The van der Waals surface area contributed by atoms with E-state index in [1.807, 2.05) is 0 Å². The Balaban J connectivity index is 1.54. The monoisotopic (exact) mass is 413 g/mol. The molecule has 0 radical (unpaired) electrons. The van der Waals surface area contributed by atoms with Crippen LogP contribution in [0.15, 0.2) is 24.3 Å². The van der Waals surface area contributed by atoms with E-state index < -0.39 is 22.1 Å². The highest BCUT2D eigenvalue weighted by molar-refractivity contribution is 7.86. The van der Waals surface area contributed by atoms with Crippen LogP contribution in [-0.2, 0) is 15.0 Å². The van der Waals surface area contributed by atoms with Gasteiger partial charge in [0.25, 0.3) is 16.1 Å². The quantitative estimate of drug-likeness (QED) is 0.739. The number of nitrogens with zero attached hydrogens (tertiary/aromatic N) is 3. The molecule has 1 aromatic carbocycles. The van der Waals surface area contributed by atoms with Gasteiger partial charge in [0.1, 0.15) is 11.6 Å². The summed E-state index contributed by atoms with van der Waals surface area (Å²) in [5, 5.41) is 0. The van der Waals surface area contributed by atoms with Gasteiger partial charge in [0.2, 0.25) is 0 Å². The van der Waals surface area contributed by atoms with E-state index in [-0.39, 0.29) is 19.0 Å². The molecule has 156 valence electrons. The highest BCUT2D eigenvalue weighted by atomic mass is 32.2. The molecule has 0 aromatic heterocycles. The summed E-state index contributed by atoms with van der Waals surface area (Å²) in [5.74, 6) is -0.358. The van der Waals surface area contributed by atoms with Gasteiger partial charge >= 0.3 is 0 Å². The highest BCUT2D eigenvalue weighted by Gasteiger charge is 2.34. The van der Waals surface area contributed by atoms with Gasteiger partial charge in [-0.3, -0.25) is 4.79 Å². The summed E-state index contributed by atoms with van der Waals surface area (Å²) in [4.78, 5) is 14.2. The predicted molar refractivity (Wildman–Crippen MR) is 104 cm³/mol. The molecule has 2 aliphatic rings. The maximum Gasteiger partial charge on any atom is 0.282 e. The van der Waals surface area contributed by atoms with Gasteiger partial charge in [0.05, 0.1) is 0 Å². The van der Waals surface area contributed by atoms with E-state index in [9.17, 15) is 17.6 Å². The summed E-state index contributed by atoms with van der Waals surface area (Å²) >= 11 is 0. The van der Waals surface area contributed by atoms with Crippen LogP contribution < -0.4 is 4.74 Å². The lowest BCUT2D eigenvalue weighted by molar-refractivity contribution is -0.139. The zero-order valence-electron chi connectivity index (χ0n) is 16.2. The van der Waals surface area contributed by atoms with Crippen LogP contribution >= 0.6 is 0 Å². The fourth-order valence-electron chi connectivity index (χ4n) is 3.63. The van der Waals surface area contributed by atoms with Crippen molar-refractivity contribution in [1.82, 2.24) is 13.5 Å². The van der Waals surface area contributed by atoms with Crippen molar-refractivity contribution in [1.29, 1.82) is 0 Å². The number of hydrogen-bond donors (Lipinski definition) is 0. The molecule has 0 bridgehead atoms. The van der Waals surface area contributed by atoms with Crippen molar-refractivity contribution in [2.24, 2.45) is 0 Å². The molecule has 0 unspecified atom stereocenters. The van der Waals surface area contributed by atoms with Gasteiger partial charge in [-0.05, 0) is 31.9 Å². The average Bonchev–Trinajstić information content (AvgIpc) is 2.97. The van der Waals surface area contributed by atoms with Gasteiger partial charge < -0.3 is 9.64 Å². The third-order valence-electron chi connectivity index (χ3n) is 5.22. The Bertz CT molecular complexity index is 773. The molecule has 2 heterocycles. The Hall–Kier alpha value is -1.71. The maximum atomic E-state index is 13.3. The predicted octanol–water partition coefficient (Wildman–Crippen LogP) is 1.86. The Morgan fingerprint density at radius 3 is 2.21 bits per heavy atom. The lowest BCUT2D eigenvalue weighted by Gasteiger charge is -2.37. The molecule has 1 amide bonds. The Labute approximate surface area is 166 Å². The zero-order chi connectivity index (χ0) is 20.1.